The van der Waals surface area contributed by atoms with Crippen molar-refractivity contribution < 1.29 is 9.18 Å². The van der Waals surface area contributed by atoms with E-state index in [0.717, 1.165) is 42.7 Å². The summed E-state index contributed by atoms with van der Waals surface area (Å²) in [6.07, 6.45) is 1.96. The van der Waals surface area contributed by atoms with Gasteiger partial charge in [-0.25, -0.2) is 4.98 Å². The molecule has 170 valence electrons. The minimum atomic E-state index is -0.454. The first-order chi connectivity index (χ1) is 15.2. The number of piperidine rings is 1. The first-order valence-electron chi connectivity index (χ1n) is 11.5. The lowest BCUT2D eigenvalue weighted by atomic mass is 9.87. The highest BCUT2D eigenvalue weighted by Gasteiger charge is 2.25. The predicted octanol–water partition coefficient (Wildman–Crippen LogP) is 5.07. The molecule has 0 radical (unpaired) electrons. The molecule has 0 bridgehead atoms. The van der Waals surface area contributed by atoms with Crippen LogP contribution in [-0.4, -0.2) is 59.4 Å². The number of halogens is 1. The first kappa shape index (κ1) is 22.5. The van der Waals surface area contributed by atoms with Gasteiger partial charge in [0.15, 0.2) is 0 Å². The molecule has 5 nitrogen and oxygen atoms in total. The Morgan fingerprint density at radius 3 is 2.56 bits per heavy atom. The molecular weight excluding hydrogens is 403 g/mol. The van der Waals surface area contributed by atoms with Crippen molar-refractivity contribution >= 4 is 16.8 Å². The highest BCUT2D eigenvalue weighted by molar-refractivity contribution is 5.92. The standard InChI is InChI=1S/C26H33FN4O/c1-16(2)25-21-13-19(18-8-10-31(11-9-18)24(32)15-30(4)5)6-7-22(21)29-26(25)20-12-17(3)28-23(27)14-20/h6-7,12-14,16,18,29H,8-11,15H2,1-5H3. The van der Waals surface area contributed by atoms with Gasteiger partial charge in [-0.2, -0.15) is 4.39 Å². The average molecular weight is 437 g/mol. The van der Waals surface area contributed by atoms with Crippen LogP contribution in [0.15, 0.2) is 30.3 Å². The zero-order chi connectivity index (χ0) is 23.0. The van der Waals surface area contributed by atoms with E-state index in [9.17, 15) is 9.18 Å². The number of carbonyl (C=O) groups is 1. The molecule has 1 aliphatic heterocycles. The number of nitrogens with zero attached hydrogens (tertiary/aromatic N) is 3. The summed E-state index contributed by atoms with van der Waals surface area (Å²) in [5.74, 6) is 0.489. The van der Waals surface area contributed by atoms with Crippen LogP contribution in [-0.2, 0) is 4.79 Å². The zero-order valence-corrected chi connectivity index (χ0v) is 19.7. The highest BCUT2D eigenvalue weighted by Crippen LogP contribution is 2.38. The van der Waals surface area contributed by atoms with E-state index in [4.69, 9.17) is 0 Å². The van der Waals surface area contributed by atoms with E-state index >= 15 is 0 Å². The number of aromatic amines is 1. The van der Waals surface area contributed by atoms with Crippen LogP contribution in [0.2, 0.25) is 0 Å². The lowest BCUT2D eigenvalue weighted by Crippen LogP contribution is -2.42. The van der Waals surface area contributed by atoms with Crippen LogP contribution in [0.3, 0.4) is 0 Å². The summed E-state index contributed by atoms with van der Waals surface area (Å²) >= 11 is 0. The van der Waals surface area contributed by atoms with Gasteiger partial charge in [-0.05, 0) is 75.0 Å². The third-order valence-corrected chi connectivity index (χ3v) is 6.42. The summed E-state index contributed by atoms with van der Waals surface area (Å²) in [6, 6.07) is 10.1. The van der Waals surface area contributed by atoms with E-state index in [1.165, 1.54) is 22.6 Å². The first-order valence-corrected chi connectivity index (χ1v) is 11.5. The molecule has 0 unspecified atom stereocenters. The minimum absolute atomic E-state index is 0.209. The molecule has 3 heterocycles. The molecule has 0 spiro atoms. The Morgan fingerprint density at radius 1 is 1.22 bits per heavy atom. The fourth-order valence-corrected chi connectivity index (χ4v) is 4.92. The number of aromatic nitrogens is 2. The van der Waals surface area contributed by atoms with Gasteiger partial charge < -0.3 is 14.8 Å². The summed E-state index contributed by atoms with van der Waals surface area (Å²) in [7, 11) is 3.86. The summed E-state index contributed by atoms with van der Waals surface area (Å²) in [4.78, 5) is 23.7. The molecule has 1 aromatic carbocycles. The van der Waals surface area contributed by atoms with Crippen LogP contribution in [0.4, 0.5) is 4.39 Å². The summed E-state index contributed by atoms with van der Waals surface area (Å²) in [5.41, 5.74) is 6.09. The molecule has 2 aromatic heterocycles. The number of aryl methyl sites for hydroxylation is 1. The summed E-state index contributed by atoms with van der Waals surface area (Å²) < 4.78 is 14.0. The van der Waals surface area contributed by atoms with Crippen LogP contribution in [0.5, 0.6) is 0 Å². The topological polar surface area (TPSA) is 52.2 Å². The number of hydrogen-bond acceptors (Lipinski definition) is 3. The largest absolute Gasteiger partial charge is 0.354 e. The summed E-state index contributed by atoms with van der Waals surface area (Å²) in [6.45, 7) is 8.25. The predicted molar refractivity (Wildman–Crippen MR) is 127 cm³/mol. The van der Waals surface area contributed by atoms with Gasteiger partial charge in [0.05, 0.1) is 12.2 Å². The van der Waals surface area contributed by atoms with E-state index in [1.807, 2.05) is 36.9 Å². The van der Waals surface area contributed by atoms with Crippen LogP contribution in [0.25, 0.3) is 22.2 Å². The third-order valence-electron chi connectivity index (χ3n) is 6.42. The van der Waals surface area contributed by atoms with E-state index in [0.29, 0.717) is 18.2 Å². The van der Waals surface area contributed by atoms with Crippen molar-refractivity contribution in [3.05, 3.63) is 53.1 Å². The molecule has 1 N–H and O–H groups in total. The van der Waals surface area contributed by atoms with Crippen LogP contribution < -0.4 is 0 Å². The number of likely N-dealkylation sites (tertiary alicyclic amines) is 1. The van der Waals surface area contributed by atoms with Gasteiger partial charge in [0.25, 0.3) is 0 Å². The highest BCUT2D eigenvalue weighted by atomic mass is 19.1. The number of pyridine rings is 1. The normalized spacial score (nSPS) is 15.3. The molecular formula is C26H33FN4O. The van der Waals surface area contributed by atoms with Gasteiger partial charge in [-0.1, -0.05) is 19.9 Å². The fraction of sp³-hybridized carbons (Fsp3) is 0.462. The summed E-state index contributed by atoms with van der Waals surface area (Å²) in [5, 5.41) is 1.20. The molecule has 1 saturated heterocycles. The third kappa shape index (κ3) is 4.56. The van der Waals surface area contributed by atoms with Crippen molar-refractivity contribution in [2.75, 3.05) is 33.7 Å². The van der Waals surface area contributed by atoms with Crippen molar-refractivity contribution in [3.63, 3.8) is 0 Å². The molecule has 0 atom stereocenters. The van der Waals surface area contributed by atoms with Crippen LogP contribution >= 0.6 is 0 Å². The Morgan fingerprint density at radius 2 is 1.94 bits per heavy atom. The number of nitrogens with one attached hydrogen (secondary N) is 1. The van der Waals surface area contributed by atoms with Crippen molar-refractivity contribution in [2.24, 2.45) is 0 Å². The number of carbonyl (C=O) groups excluding carboxylic acids is 1. The molecule has 1 aliphatic rings. The second kappa shape index (κ2) is 9.02. The Hall–Kier alpha value is -2.73. The maximum Gasteiger partial charge on any atom is 0.236 e. The number of hydrogen-bond donors (Lipinski definition) is 1. The van der Waals surface area contributed by atoms with E-state index in [1.54, 1.807) is 0 Å². The molecule has 0 aliphatic carbocycles. The molecule has 1 amide bonds. The molecule has 6 heteroatoms. The monoisotopic (exact) mass is 436 g/mol. The fourth-order valence-electron chi connectivity index (χ4n) is 4.92. The van der Waals surface area contributed by atoms with E-state index in [2.05, 4.69) is 42.0 Å². The number of amides is 1. The number of rotatable bonds is 5. The SMILES string of the molecule is Cc1cc(-c2[nH]c3ccc(C4CCN(C(=O)CN(C)C)CC4)cc3c2C(C)C)cc(F)n1. The Labute approximate surface area is 189 Å². The lowest BCUT2D eigenvalue weighted by molar-refractivity contribution is -0.132. The van der Waals surface area contributed by atoms with Gasteiger partial charge >= 0.3 is 0 Å². The average Bonchev–Trinajstić information content (AvgIpc) is 3.12. The second-order valence-electron chi connectivity index (χ2n) is 9.59. The zero-order valence-electron chi connectivity index (χ0n) is 19.7. The quantitative estimate of drug-likeness (QED) is 0.568. The van der Waals surface area contributed by atoms with Gasteiger partial charge in [0.1, 0.15) is 0 Å². The van der Waals surface area contributed by atoms with Crippen molar-refractivity contribution in [1.29, 1.82) is 0 Å². The maximum absolute atomic E-state index is 14.0. The van der Waals surface area contributed by atoms with Crippen molar-refractivity contribution in [2.45, 2.75) is 45.4 Å². The minimum Gasteiger partial charge on any atom is -0.354 e. The lowest BCUT2D eigenvalue weighted by Gasteiger charge is -2.33. The van der Waals surface area contributed by atoms with E-state index in [-0.39, 0.29) is 11.8 Å². The Kier molecular flexibility index (Phi) is 6.33. The number of fused-ring (bicyclic) bond motifs is 1. The molecule has 4 rings (SSSR count). The maximum atomic E-state index is 14.0. The molecule has 3 aromatic rings. The van der Waals surface area contributed by atoms with Crippen molar-refractivity contribution in [1.82, 2.24) is 19.8 Å². The van der Waals surface area contributed by atoms with Gasteiger partial charge in [-0.3, -0.25) is 4.79 Å². The number of likely N-dealkylation sites (N-methyl/N-ethyl adjacent to an activating group) is 1. The van der Waals surface area contributed by atoms with Gasteiger partial charge in [-0.15, -0.1) is 0 Å². The van der Waals surface area contributed by atoms with Gasteiger partial charge in [0.2, 0.25) is 11.9 Å². The van der Waals surface area contributed by atoms with E-state index < -0.39 is 5.95 Å². The second-order valence-corrected chi connectivity index (χ2v) is 9.59. The molecule has 1 fully saturated rings. The molecule has 0 saturated carbocycles. The number of H-pyrrole nitrogens is 1. The molecule has 32 heavy (non-hydrogen) atoms. The Bertz CT molecular complexity index is 1110. The van der Waals surface area contributed by atoms with Crippen molar-refractivity contribution in [3.8, 4) is 11.3 Å². The smallest absolute Gasteiger partial charge is 0.236 e. The number of benzene rings is 1. The van der Waals surface area contributed by atoms with Crippen LogP contribution in [0.1, 0.15) is 55.3 Å². The van der Waals surface area contributed by atoms with Crippen LogP contribution in [0, 0.1) is 12.9 Å². The Balaban J connectivity index is 1.63. The van der Waals surface area contributed by atoms with Gasteiger partial charge in [0, 0.05) is 41.3 Å².